The van der Waals surface area contributed by atoms with E-state index in [-0.39, 0.29) is 0 Å². The monoisotopic (exact) mass is 427 g/mol. The molecule has 3 aromatic rings. The van der Waals surface area contributed by atoms with Crippen molar-refractivity contribution >= 4 is 28.3 Å². The maximum atomic E-state index is 12.0. The average Bonchev–Trinajstić information content (AvgIpc) is 3.16. The summed E-state index contributed by atoms with van der Waals surface area (Å²) in [5, 5.41) is 11.9. The van der Waals surface area contributed by atoms with Crippen molar-refractivity contribution < 1.29 is 14.3 Å². The van der Waals surface area contributed by atoms with E-state index in [1.54, 1.807) is 14.2 Å². The van der Waals surface area contributed by atoms with Crippen LogP contribution < -0.4 is 14.8 Å². The molecule has 2 heterocycles. The van der Waals surface area contributed by atoms with E-state index < -0.39 is 0 Å². The third kappa shape index (κ3) is 5.24. The Kier molecular flexibility index (Phi) is 7.65. The van der Waals surface area contributed by atoms with Crippen LogP contribution in [0.3, 0.4) is 0 Å². The third-order valence-electron chi connectivity index (χ3n) is 5.69. The van der Waals surface area contributed by atoms with Crippen molar-refractivity contribution in [3.05, 3.63) is 18.0 Å². The summed E-state index contributed by atoms with van der Waals surface area (Å²) in [4.78, 5) is 16.7. The number of unbranched alkanes of at least 4 members (excludes halogenated alkanes) is 2. The van der Waals surface area contributed by atoms with Gasteiger partial charge in [-0.05, 0) is 25.7 Å². The fourth-order valence-corrected chi connectivity index (χ4v) is 3.69. The summed E-state index contributed by atoms with van der Waals surface area (Å²) in [5.74, 6) is 3.59. The topological polar surface area (TPSA) is 90.6 Å². The molecule has 0 saturated heterocycles. The molecule has 168 valence electrons. The molecule has 0 amide bonds. The molecular weight excluding hydrogens is 394 g/mol. The summed E-state index contributed by atoms with van der Waals surface area (Å²) in [6, 6.07) is 3.76. The van der Waals surface area contributed by atoms with Crippen molar-refractivity contribution in [2.24, 2.45) is 5.92 Å². The predicted molar refractivity (Wildman–Crippen MR) is 122 cm³/mol. The van der Waals surface area contributed by atoms with Crippen LogP contribution in [0, 0.1) is 12.8 Å². The Labute approximate surface area is 183 Å². The van der Waals surface area contributed by atoms with E-state index in [2.05, 4.69) is 29.4 Å². The first-order valence-corrected chi connectivity index (χ1v) is 11.0. The molecule has 2 aromatic heterocycles. The number of rotatable bonds is 12. The van der Waals surface area contributed by atoms with Gasteiger partial charge in [-0.3, -0.25) is 9.20 Å². The van der Waals surface area contributed by atoms with Crippen molar-refractivity contribution in [2.45, 2.75) is 59.3 Å². The Bertz CT molecular complexity index is 1050. The second-order valence-electron chi connectivity index (χ2n) is 8.06. The number of nitrogens with zero attached hydrogens (tertiary/aromatic N) is 4. The highest BCUT2D eigenvalue weighted by atomic mass is 16.5. The SMILES string of the molecule is CCC(C)CC(=O)CCCCCNc1nc2cc(OC)c(OC)cc2n2c(C)nnc12. The molecular formula is C23H33N5O3. The highest BCUT2D eigenvalue weighted by molar-refractivity contribution is 5.85. The van der Waals surface area contributed by atoms with Crippen LogP contribution in [0.15, 0.2) is 12.1 Å². The van der Waals surface area contributed by atoms with Crippen LogP contribution in [0.4, 0.5) is 5.82 Å². The van der Waals surface area contributed by atoms with E-state index in [4.69, 9.17) is 14.5 Å². The highest BCUT2D eigenvalue weighted by Gasteiger charge is 2.16. The molecule has 8 heteroatoms. The van der Waals surface area contributed by atoms with Gasteiger partial charge in [0, 0.05) is 31.5 Å². The number of ketones is 1. The maximum absolute atomic E-state index is 12.0. The van der Waals surface area contributed by atoms with E-state index in [9.17, 15) is 4.79 Å². The summed E-state index contributed by atoms with van der Waals surface area (Å²) < 4.78 is 12.8. The molecule has 1 N–H and O–H groups in total. The normalized spacial score (nSPS) is 12.3. The maximum Gasteiger partial charge on any atom is 0.204 e. The lowest BCUT2D eigenvalue weighted by Gasteiger charge is -2.13. The fraction of sp³-hybridized carbons (Fsp3) is 0.565. The molecule has 1 unspecified atom stereocenters. The van der Waals surface area contributed by atoms with Gasteiger partial charge in [0.05, 0.1) is 25.3 Å². The van der Waals surface area contributed by atoms with Crippen LogP contribution in [-0.4, -0.2) is 46.1 Å². The fourth-order valence-electron chi connectivity index (χ4n) is 3.69. The number of carbonyl (C=O) groups is 1. The number of hydrogen-bond acceptors (Lipinski definition) is 7. The Balaban J connectivity index is 1.67. The molecule has 31 heavy (non-hydrogen) atoms. The molecule has 0 aliphatic heterocycles. The summed E-state index contributed by atoms with van der Waals surface area (Å²) >= 11 is 0. The van der Waals surface area contributed by atoms with Crippen molar-refractivity contribution in [3.8, 4) is 11.5 Å². The standard InChI is InChI=1S/C23H33N5O3/c1-6-15(2)12-17(29)10-8-7-9-11-24-22-23-27-26-16(3)28(23)19-14-21(31-5)20(30-4)13-18(19)25-22/h13-15H,6-12H2,1-5H3,(H,24,25). The molecule has 0 aliphatic rings. The molecule has 0 bridgehead atoms. The van der Waals surface area contributed by atoms with Crippen molar-refractivity contribution in [3.63, 3.8) is 0 Å². The van der Waals surface area contributed by atoms with E-state index in [1.807, 2.05) is 23.5 Å². The molecule has 8 nitrogen and oxygen atoms in total. The van der Waals surface area contributed by atoms with Gasteiger partial charge < -0.3 is 14.8 Å². The largest absolute Gasteiger partial charge is 0.493 e. The van der Waals surface area contributed by atoms with Gasteiger partial charge in [0.15, 0.2) is 17.3 Å². The highest BCUT2D eigenvalue weighted by Crippen LogP contribution is 2.33. The lowest BCUT2D eigenvalue weighted by molar-refractivity contribution is -0.120. The summed E-state index contributed by atoms with van der Waals surface area (Å²) in [5.41, 5.74) is 2.31. The third-order valence-corrected chi connectivity index (χ3v) is 5.69. The summed E-state index contributed by atoms with van der Waals surface area (Å²) in [7, 11) is 3.22. The first-order chi connectivity index (χ1) is 15.0. The first kappa shape index (κ1) is 22.8. The molecule has 0 fully saturated rings. The van der Waals surface area contributed by atoms with E-state index >= 15 is 0 Å². The number of Topliss-reactive ketones (excluding diaryl/α,β-unsaturated/α-hetero) is 1. The molecule has 1 atom stereocenters. The lowest BCUT2D eigenvalue weighted by atomic mass is 9.99. The van der Waals surface area contributed by atoms with Gasteiger partial charge in [-0.1, -0.05) is 26.7 Å². The Morgan fingerprint density at radius 1 is 1.13 bits per heavy atom. The number of anilines is 1. The Morgan fingerprint density at radius 2 is 1.87 bits per heavy atom. The van der Waals surface area contributed by atoms with Crippen LogP contribution in [-0.2, 0) is 4.79 Å². The molecule has 0 radical (unpaired) electrons. The van der Waals surface area contributed by atoms with Gasteiger partial charge >= 0.3 is 0 Å². The van der Waals surface area contributed by atoms with Crippen molar-refractivity contribution in [1.82, 2.24) is 19.6 Å². The number of nitrogens with one attached hydrogen (secondary N) is 1. The van der Waals surface area contributed by atoms with Crippen molar-refractivity contribution in [2.75, 3.05) is 26.1 Å². The van der Waals surface area contributed by atoms with Crippen LogP contribution in [0.5, 0.6) is 11.5 Å². The second kappa shape index (κ2) is 10.4. The zero-order valence-electron chi connectivity index (χ0n) is 19.2. The lowest BCUT2D eigenvalue weighted by Crippen LogP contribution is -2.08. The minimum Gasteiger partial charge on any atom is -0.493 e. The Hall–Kier alpha value is -2.90. The minimum atomic E-state index is 0.378. The van der Waals surface area contributed by atoms with Gasteiger partial charge in [0.25, 0.3) is 0 Å². The Morgan fingerprint density at radius 3 is 2.58 bits per heavy atom. The second-order valence-corrected chi connectivity index (χ2v) is 8.06. The number of aryl methyl sites for hydroxylation is 1. The number of benzene rings is 1. The number of hydrogen-bond donors (Lipinski definition) is 1. The van der Waals surface area contributed by atoms with Crippen molar-refractivity contribution in [1.29, 1.82) is 0 Å². The van der Waals surface area contributed by atoms with E-state index in [0.717, 1.165) is 49.1 Å². The van der Waals surface area contributed by atoms with Crippen LogP contribution in [0.2, 0.25) is 0 Å². The quantitative estimate of drug-likeness (QED) is 0.423. The number of fused-ring (bicyclic) bond motifs is 3. The number of methoxy groups -OCH3 is 2. The summed E-state index contributed by atoms with van der Waals surface area (Å²) in [6.07, 6.45) is 5.33. The van der Waals surface area contributed by atoms with Gasteiger partial charge in [0.1, 0.15) is 11.6 Å². The van der Waals surface area contributed by atoms with Gasteiger partial charge in [0.2, 0.25) is 5.65 Å². The zero-order chi connectivity index (χ0) is 22.4. The number of ether oxygens (including phenoxy) is 2. The molecule has 0 aliphatic carbocycles. The molecule has 3 rings (SSSR count). The average molecular weight is 428 g/mol. The first-order valence-electron chi connectivity index (χ1n) is 11.0. The van der Waals surface area contributed by atoms with Gasteiger partial charge in [-0.25, -0.2) is 4.98 Å². The number of aromatic nitrogens is 4. The smallest absolute Gasteiger partial charge is 0.204 e. The van der Waals surface area contributed by atoms with Gasteiger partial charge in [-0.15, -0.1) is 10.2 Å². The molecule has 1 aromatic carbocycles. The minimum absolute atomic E-state index is 0.378. The molecule has 0 spiro atoms. The van der Waals surface area contributed by atoms with E-state index in [0.29, 0.717) is 47.5 Å². The summed E-state index contributed by atoms with van der Waals surface area (Å²) in [6.45, 7) is 6.94. The van der Waals surface area contributed by atoms with Crippen LogP contribution in [0.25, 0.3) is 16.7 Å². The van der Waals surface area contributed by atoms with E-state index in [1.165, 1.54) is 0 Å². The van der Waals surface area contributed by atoms with Crippen LogP contribution >= 0.6 is 0 Å². The van der Waals surface area contributed by atoms with Gasteiger partial charge in [-0.2, -0.15) is 0 Å². The molecule has 0 saturated carbocycles. The number of carbonyl (C=O) groups excluding carboxylic acids is 1. The zero-order valence-corrected chi connectivity index (χ0v) is 19.2. The predicted octanol–water partition coefficient (Wildman–Crippen LogP) is 4.58. The van der Waals surface area contributed by atoms with Crippen LogP contribution in [0.1, 0.15) is 58.2 Å².